The number of rotatable bonds is 3. The summed E-state index contributed by atoms with van der Waals surface area (Å²) in [5.74, 6) is -0.553. The number of aromatic nitrogens is 1. The predicted molar refractivity (Wildman–Crippen MR) is 122 cm³/mol. The summed E-state index contributed by atoms with van der Waals surface area (Å²) in [7, 11) is 1.89. The lowest BCUT2D eigenvalue weighted by molar-refractivity contribution is -0.136. The Morgan fingerprint density at radius 2 is 2.12 bits per heavy atom. The maximum absolute atomic E-state index is 13.7. The van der Waals surface area contributed by atoms with Gasteiger partial charge in [0.05, 0.1) is 35.8 Å². The minimum Gasteiger partial charge on any atom is -0.370 e. The molecule has 180 valence electrons. The molecule has 4 atom stereocenters. The first-order valence-corrected chi connectivity index (χ1v) is 11.7. The Morgan fingerprint density at radius 3 is 2.88 bits per heavy atom. The molecule has 0 aromatic carbocycles. The first-order valence-electron chi connectivity index (χ1n) is 11.7. The third-order valence-electron chi connectivity index (χ3n) is 7.71. The number of nitrogens with one attached hydrogen (secondary N) is 3. The highest BCUT2D eigenvalue weighted by Gasteiger charge is 2.47. The zero-order chi connectivity index (χ0) is 23.2. The summed E-state index contributed by atoms with van der Waals surface area (Å²) in [6.45, 7) is 2.93. The van der Waals surface area contributed by atoms with E-state index in [0.29, 0.717) is 12.1 Å². The number of carbonyl (C=O) groups excluding carboxylic acids is 2. The van der Waals surface area contributed by atoms with Crippen molar-refractivity contribution in [2.24, 2.45) is 17.1 Å². The number of nitrogens with zero attached hydrogens (tertiary/aromatic N) is 4. The van der Waals surface area contributed by atoms with Gasteiger partial charge in [-0.2, -0.15) is 0 Å². The third-order valence-corrected chi connectivity index (χ3v) is 7.71. The van der Waals surface area contributed by atoms with Crippen LogP contribution in [0, 0.1) is 11.3 Å². The summed E-state index contributed by atoms with van der Waals surface area (Å²) in [6, 6.07) is 1.93. The van der Waals surface area contributed by atoms with Crippen LogP contribution < -0.4 is 26.7 Å². The van der Waals surface area contributed by atoms with E-state index >= 15 is 0 Å². The number of pyridine rings is 1. The van der Waals surface area contributed by atoms with E-state index < -0.39 is 18.3 Å². The smallest absolute Gasteiger partial charge is 0.233 e. The van der Waals surface area contributed by atoms with Crippen LogP contribution in [0.4, 0.5) is 15.8 Å². The summed E-state index contributed by atoms with van der Waals surface area (Å²) in [6.07, 6.45) is 5.02. The topological polar surface area (TPSA) is 119 Å². The molecule has 0 saturated carbocycles. The average molecular weight is 461 g/mol. The van der Waals surface area contributed by atoms with E-state index in [1.54, 1.807) is 17.4 Å². The van der Waals surface area contributed by atoms with Gasteiger partial charge < -0.3 is 20.9 Å². The zero-order valence-electron chi connectivity index (χ0n) is 19.0. The number of nitrogens with two attached hydrogens (primary N) is 1. The number of hydrogen-bond donors (Lipinski definition) is 4. The number of halogens is 1. The molecule has 4 aliphatic rings. The van der Waals surface area contributed by atoms with Crippen molar-refractivity contribution in [3.8, 4) is 0 Å². The Morgan fingerprint density at radius 1 is 1.33 bits per heavy atom. The fourth-order valence-corrected chi connectivity index (χ4v) is 5.82. The van der Waals surface area contributed by atoms with Crippen molar-refractivity contribution in [1.82, 2.24) is 25.6 Å². The van der Waals surface area contributed by atoms with E-state index in [1.807, 2.05) is 18.0 Å². The molecule has 5 rings (SSSR count). The molecule has 4 unspecified atom stereocenters. The van der Waals surface area contributed by atoms with Gasteiger partial charge in [-0.25, -0.2) is 14.8 Å². The van der Waals surface area contributed by atoms with Crippen molar-refractivity contribution < 1.29 is 14.0 Å². The molecule has 0 aliphatic carbocycles. The van der Waals surface area contributed by atoms with Crippen LogP contribution in [-0.2, 0) is 9.59 Å². The molecular weight excluding hydrogens is 427 g/mol. The number of carbonyl (C=O) groups is 2. The molecule has 10 nitrogen and oxygen atoms in total. The molecule has 4 aliphatic heterocycles. The van der Waals surface area contributed by atoms with Crippen LogP contribution in [0.1, 0.15) is 25.7 Å². The summed E-state index contributed by atoms with van der Waals surface area (Å²) in [5, 5.41) is 7.80. The van der Waals surface area contributed by atoms with Crippen LogP contribution in [0.3, 0.4) is 0 Å². The molecule has 11 heteroatoms. The van der Waals surface area contributed by atoms with Gasteiger partial charge in [-0.1, -0.05) is 0 Å². The average Bonchev–Trinajstić information content (AvgIpc) is 3.12. The van der Waals surface area contributed by atoms with Gasteiger partial charge in [0.1, 0.15) is 6.17 Å². The molecule has 5 N–H and O–H groups in total. The monoisotopic (exact) mass is 460 g/mol. The van der Waals surface area contributed by atoms with E-state index in [-0.39, 0.29) is 36.5 Å². The fourth-order valence-electron chi connectivity index (χ4n) is 5.82. The molecule has 1 aromatic heterocycles. The number of fused-ring (bicyclic) bond motifs is 1. The molecular formula is C22H33FN8O2. The maximum atomic E-state index is 13.7. The minimum absolute atomic E-state index is 0.183. The van der Waals surface area contributed by atoms with Gasteiger partial charge in [-0.05, 0) is 30.7 Å². The Kier molecular flexibility index (Phi) is 5.98. The van der Waals surface area contributed by atoms with Crippen LogP contribution in [-0.4, -0.2) is 85.0 Å². The Bertz CT molecular complexity index is 908. The van der Waals surface area contributed by atoms with Crippen molar-refractivity contribution in [3.63, 3.8) is 0 Å². The number of alkyl halides is 1. The van der Waals surface area contributed by atoms with Crippen LogP contribution in [0.5, 0.6) is 0 Å². The van der Waals surface area contributed by atoms with Crippen molar-refractivity contribution in [2.45, 2.75) is 44.2 Å². The minimum atomic E-state index is -1.00. The van der Waals surface area contributed by atoms with Gasteiger partial charge in [-0.15, -0.1) is 0 Å². The molecule has 2 amide bonds. The number of likely N-dealkylation sites (tertiary alicyclic amines) is 1. The molecule has 0 bridgehead atoms. The van der Waals surface area contributed by atoms with Gasteiger partial charge in [0.2, 0.25) is 11.8 Å². The van der Waals surface area contributed by atoms with Crippen molar-refractivity contribution in [1.29, 1.82) is 0 Å². The van der Waals surface area contributed by atoms with Crippen LogP contribution >= 0.6 is 0 Å². The van der Waals surface area contributed by atoms with Gasteiger partial charge >= 0.3 is 0 Å². The number of piperidine rings is 2. The molecule has 5 heterocycles. The second kappa shape index (κ2) is 8.79. The largest absolute Gasteiger partial charge is 0.370 e. The third kappa shape index (κ3) is 4.30. The fraction of sp³-hybridized carbons (Fsp3) is 0.682. The lowest BCUT2D eigenvalue weighted by atomic mass is 9.72. The number of hydrazine groups is 1. The van der Waals surface area contributed by atoms with Crippen molar-refractivity contribution in [2.75, 3.05) is 50.0 Å². The number of amides is 2. The molecule has 4 saturated heterocycles. The van der Waals surface area contributed by atoms with Gasteiger partial charge in [0.25, 0.3) is 0 Å². The van der Waals surface area contributed by atoms with E-state index in [4.69, 9.17) is 5.73 Å². The maximum Gasteiger partial charge on any atom is 0.233 e. The number of hydrogen-bond acceptors (Lipinski definition) is 8. The predicted octanol–water partition coefficient (Wildman–Crippen LogP) is -0.152. The van der Waals surface area contributed by atoms with Gasteiger partial charge in [0.15, 0.2) is 0 Å². The number of anilines is 2. The molecule has 4 fully saturated rings. The van der Waals surface area contributed by atoms with Crippen molar-refractivity contribution in [3.05, 3.63) is 18.5 Å². The highest BCUT2D eigenvalue weighted by Crippen LogP contribution is 2.41. The van der Waals surface area contributed by atoms with E-state index in [0.717, 1.165) is 44.6 Å². The van der Waals surface area contributed by atoms with Crippen LogP contribution in [0.15, 0.2) is 18.5 Å². The summed E-state index contributed by atoms with van der Waals surface area (Å²) in [4.78, 5) is 33.5. The molecule has 0 radical (unpaired) electrons. The van der Waals surface area contributed by atoms with Crippen molar-refractivity contribution >= 4 is 23.2 Å². The lowest BCUT2D eigenvalue weighted by Gasteiger charge is -2.47. The zero-order valence-corrected chi connectivity index (χ0v) is 19.0. The highest BCUT2D eigenvalue weighted by molar-refractivity contribution is 5.96. The SMILES string of the molecule is CN1CC2(CCC1=O)CCN(c1ccncc1NC(=O)C1C(N)NN3CC(F)CNC13)CC2. The Balaban J connectivity index is 1.26. The Labute approximate surface area is 193 Å². The van der Waals surface area contributed by atoms with Gasteiger partial charge in [-0.3, -0.25) is 19.9 Å². The highest BCUT2D eigenvalue weighted by atomic mass is 19.1. The molecule has 1 spiro atoms. The summed E-state index contributed by atoms with van der Waals surface area (Å²) in [5.41, 5.74) is 11.0. The Hall–Kier alpha value is -2.34. The first kappa shape index (κ1) is 22.5. The normalized spacial score (nSPS) is 32.2. The van der Waals surface area contributed by atoms with E-state index in [2.05, 4.69) is 25.9 Å². The van der Waals surface area contributed by atoms with E-state index in [9.17, 15) is 14.0 Å². The van der Waals surface area contributed by atoms with Crippen LogP contribution in [0.25, 0.3) is 0 Å². The second-order valence-corrected chi connectivity index (χ2v) is 9.90. The summed E-state index contributed by atoms with van der Waals surface area (Å²) < 4.78 is 13.7. The second-order valence-electron chi connectivity index (χ2n) is 9.90. The molecule has 1 aromatic rings. The first-order chi connectivity index (χ1) is 15.8. The lowest BCUT2D eigenvalue weighted by Crippen LogP contribution is -2.58. The molecule has 33 heavy (non-hydrogen) atoms. The van der Waals surface area contributed by atoms with Gasteiger partial charge in [0, 0.05) is 52.4 Å². The van der Waals surface area contributed by atoms with Crippen LogP contribution in [0.2, 0.25) is 0 Å². The quantitative estimate of drug-likeness (QED) is 0.492. The van der Waals surface area contributed by atoms with E-state index in [1.165, 1.54) is 0 Å². The standard InChI is InChI=1S/C22H33FN8O2/c1-29-13-22(4-2-17(29)32)5-8-30(9-6-22)16-3-7-25-11-15(16)27-21(33)18-19(24)28-31-12-14(23)10-26-20(18)31/h3,7,11,14,18-20,26,28H,2,4-6,8-10,12-13,24H2,1H3,(H,27,33). The summed E-state index contributed by atoms with van der Waals surface area (Å²) >= 11 is 0.